The Morgan fingerprint density at radius 1 is 1.28 bits per heavy atom. The highest BCUT2D eigenvalue weighted by Gasteiger charge is 2.15. The predicted octanol–water partition coefficient (Wildman–Crippen LogP) is 3.39. The molecule has 0 saturated carbocycles. The van der Waals surface area contributed by atoms with E-state index in [-0.39, 0.29) is 0 Å². The third kappa shape index (κ3) is 1.74. The highest BCUT2D eigenvalue weighted by Crippen LogP contribution is 2.34. The van der Waals surface area contributed by atoms with Gasteiger partial charge in [0.05, 0.1) is 16.7 Å². The average Bonchev–Trinajstić information content (AvgIpc) is 2.83. The molecule has 0 saturated heterocycles. The number of hydrogen-bond acceptors (Lipinski definition) is 2. The molecule has 1 aromatic carbocycles. The molecule has 18 heavy (non-hydrogen) atoms. The zero-order valence-corrected chi connectivity index (χ0v) is 12.2. The molecule has 0 aliphatic rings. The quantitative estimate of drug-likeness (QED) is 0.687. The minimum Gasteiger partial charge on any atom is -0.275 e. The van der Waals surface area contributed by atoms with E-state index in [9.17, 15) is 0 Å². The van der Waals surface area contributed by atoms with Crippen LogP contribution in [0.1, 0.15) is 0 Å². The first-order valence-electron chi connectivity index (χ1n) is 5.37. The van der Waals surface area contributed by atoms with Crippen molar-refractivity contribution in [3.05, 3.63) is 34.0 Å². The van der Waals surface area contributed by atoms with Gasteiger partial charge in [-0.2, -0.15) is 10.2 Å². The monoisotopic (exact) mass is 324 g/mol. The topological polar surface area (TPSA) is 35.6 Å². The lowest BCUT2D eigenvalue weighted by Crippen LogP contribution is -1.90. The molecule has 0 unspecified atom stereocenters. The van der Waals surface area contributed by atoms with Crippen LogP contribution in [0.15, 0.2) is 29.0 Å². The third-order valence-corrected chi connectivity index (χ3v) is 3.58. The van der Waals surface area contributed by atoms with Gasteiger partial charge in [0, 0.05) is 35.7 Å². The second kappa shape index (κ2) is 4.10. The van der Waals surface area contributed by atoms with Crippen molar-refractivity contribution in [2.75, 3.05) is 0 Å². The van der Waals surface area contributed by atoms with Crippen LogP contribution < -0.4 is 0 Å². The van der Waals surface area contributed by atoms with Crippen LogP contribution in [0.4, 0.5) is 0 Å². The molecule has 0 fully saturated rings. The van der Waals surface area contributed by atoms with Crippen molar-refractivity contribution in [2.45, 2.75) is 0 Å². The molecule has 6 heteroatoms. The van der Waals surface area contributed by atoms with E-state index >= 15 is 0 Å². The number of fused-ring (bicyclic) bond motifs is 1. The maximum Gasteiger partial charge on any atom is 0.103 e. The summed E-state index contributed by atoms with van der Waals surface area (Å²) in [5, 5.41) is 10.4. The molecule has 0 amide bonds. The molecule has 0 N–H and O–H groups in total. The summed E-state index contributed by atoms with van der Waals surface area (Å²) in [5.74, 6) is 0. The molecule has 2 heterocycles. The first-order chi connectivity index (χ1) is 8.56. The molecular weight excluding hydrogens is 316 g/mol. The normalized spacial score (nSPS) is 11.3. The van der Waals surface area contributed by atoms with Gasteiger partial charge in [-0.1, -0.05) is 27.5 Å². The second-order valence-electron chi connectivity index (χ2n) is 4.16. The maximum atomic E-state index is 6.26. The Morgan fingerprint density at radius 3 is 2.72 bits per heavy atom. The van der Waals surface area contributed by atoms with Gasteiger partial charge in [-0.15, -0.1) is 0 Å². The average molecular weight is 326 g/mol. The van der Waals surface area contributed by atoms with Crippen molar-refractivity contribution in [3.63, 3.8) is 0 Å². The fraction of sp³-hybridized carbons (Fsp3) is 0.167. The lowest BCUT2D eigenvalue weighted by molar-refractivity contribution is 0.767. The zero-order valence-electron chi connectivity index (χ0n) is 9.85. The van der Waals surface area contributed by atoms with Gasteiger partial charge in [0.2, 0.25) is 0 Å². The summed E-state index contributed by atoms with van der Waals surface area (Å²) in [7, 11) is 3.78. The molecular formula is C12H10BrClN4. The van der Waals surface area contributed by atoms with Gasteiger partial charge in [-0.3, -0.25) is 9.36 Å². The summed E-state index contributed by atoms with van der Waals surface area (Å²) >= 11 is 9.72. The molecule has 3 rings (SSSR count). The second-order valence-corrected chi connectivity index (χ2v) is 5.48. The van der Waals surface area contributed by atoms with Gasteiger partial charge < -0.3 is 0 Å². The summed E-state index contributed by atoms with van der Waals surface area (Å²) in [4.78, 5) is 0. The molecule has 2 aromatic heterocycles. The highest BCUT2D eigenvalue weighted by atomic mass is 79.9. The Labute approximate surface area is 117 Å². The van der Waals surface area contributed by atoms with E-state index in [1.807, 2.05) is 32.4 Å². The van der Waals surface area contributed by atoms with E-state index in [2.05, 4.69) is 26.1 Å². The van der Waals surface area contributed by atoms with Gasteiger partial charge in [0.15, 0.2) is 0 Å². The SMILES string of the molecule is Cn1cc(-c2nn(C)c3c(Cl)cc(Br)cc23)cn1. The number of aromatic nitrogens is 4. The van der Waals surface area contributed by atoms with Crippen LogP contribution in [0, 0.1) is 0 Å². The molecule has 0 spiro atoms. The molecule has 4 nitrogen and oxygen atoms in total. The van der Waals surface area contributed by atoms with Crippen LogP contribution in [0.5, 0.6) is 0 Å². The number of rotatable bonds is 1. The van der Waals surface area contributed by atoms with Gasteiger partial charge >= 0.3 is 0 Å². The summed E-state index contributed by atoms with van der Waals surface area (Å²) in [6, 6.07) is 3.90. The summed E-state index contributed by atoms with van der Waals surface area (Å²) in [6.07, 6.45) is 3.74. The Balaban J connectivity index is 2.37. The number of nitrogens with zero attached hydrogens (tertiary/aromatic N) is 4. The van der Waals surface area contributed by atoms with Gasteiger partial charge in [0.1, 0.15) is 5.69 Å². The van der Waals surface area contributed by atoms with Crippen molar-refractivity contribution in [3.8, 4) is 11.3 Å². The Hall–Kier alpha value is -1.33. The van der Waals surface area contributed by atoms with Gasteiger partial charge in [-0.05, 0) is 12.1 Å². The first-order valence-corrected chi connectivity index (χ1v) is 6.54. The molecule has 92 valence electrons. The van der Waals surface area contributed by atoms with Crippen molar-refractivity contribution < 1.29 is 0 Å². The number of halogens is 2. The van der Waals surface area contributed by atoms with Crippen molar-refractivity contribution in [2.24, 2.45) is 14.1 Å². The van der Waals surface area contributed by atoms with Crippen LogP contribution >= 0.6 is 27.5 Å². The number of hydrogen-bond donors (Lipinski definition) is 0. The molecule has 0 radical (unpaired) electrons. The summed E-state index contributed by atoms with van der Waals surface area (Å²) in [6.45, 7) is 0. The van der Waals surface area contributed by atoms with E-state index in [0.717, 1.165) is 26.6 Å². The van der Waals surface area contributed by atoms with E-state index in [1.165, 1.54) is 0 Å². The standard InChI is InChI=1S/C12H10BrClN4/c1-17-6-7(5-15-17)11-9-3-8(13)4-10(14)12(9)18(2)16-11/h3-6H,1-2H3. The molecule has 0 aliphatic carbocycles. The smallest absolute Gasteiger partial charge is 0.103 e. The first kappa shape index (κ1) is 11.7. The van der Waals surface area contributed by atoms with Crippen LogP contribution in [0.2, 0.25) is 5.02 Å². The van der Waals surface area contributed by atoms with Gasteiger partial charge in [0.25, 0.3) is 0 Å². The molecule has 3 aromatic rings. The van der Waals surface area contributed by atoms with Crippen LogP contribution in [-0.2, 0) is 14.1 Å². The Bertz CT molecular complexity index is 744. The fourth-order valence-electron chi connectivity index (χ4n) is 2.09. The number of benzene rings is 1. The summed E-state index contributed by atoms with van der Waals surface area (Å²) in [5.41, 5.74) is 2.81. The maximum absolute atomic E-state index is 6.26. The Kier molecular flexibility index (Phi) is 2.68. The van der Waals surface area contributed by atoms with Crippen molar-refractivity contribution >= 4 is 38.4 Å². The lowest BCUT2D eigenvalue weighted by Gasteiger charge is -1.98. The molecule has 0 atom stereocenters. The molecule has 0 aliphatic heterocycles. The largest absolute Gasteiger partial charge is 0.275 e. The van der Waals surface area contributed by atoms with Crippen LogP contribution in [0.25, 0.3) is 22.2 Å². The van der Waals surface area contributed by atoms with Crippen LogP contribution in [0.3, 0.4) is 0 Å². The summed E-state index contributed by atoms with van der Waals surface area (Å²) < 4.78 is 4.50. The number of aryl methyl sites for hydroxylation is 2. The van der Waals surface area contributed by atoms with E-state index in [0.29, 0.717) is 5.02 Å². The van der Waals surface area contributed by atoms with E-state index in [1.54, 1.807) is 15.6 Å². The van der Waals surface area contributed by atoms with Gasteiger partial charge in [-0.25, -0.2) is 0 Å². The van der Waals surface area contributed by atoms with E-state index in [4.69, 9.17) is 11.6 Å². The van der Waals surface area contributed by atoms with Crippen LogP contribution in [-0.4, -0.2) is 19.6 Å². The zero-order chi connectivity index (χ0) is 12.9. The highest BCUT2D eigenvalue weighted by molar-refractivity contribution is 9.10. The predicted molar refractivity (Wildman–Crippen MR) is 75.6 cm³/mol. The third-order valence-electron chi connectivity index (χ3n) is 2.84. The minimum absolute atomic E-state index is 0.685. The minimum atomic E-state index is 0.685. The van der Waals surface area contributed by atoms with Crippen molar-refractivity contribution in [1.82, 2.24) is 19.6 Å². The van der Waals surface area contributed by atoms with Crippen molar-refractivity contribution in [1.29, 1.82) is 0 Å². The molecule has 0 bridgehead atoms. The Morgan fingerprint density at radius 2 is 2.06 bits per heavy atom. The van der Waals surface area contributed by atoms with E-state index < -0.39 is 0 Å². The fourth-order valence-corrected chi connectivity index (χ4v) is 3.02. The lowest BCUT2D eigenvalue weighted by atomic mass is 10.1.